The highest BCUT2D eigenvalue weighted by atomic mass is 79.9. The Bertz CT molecular complexity index is 842. The van der Waals surface area contributed by atoms with Gasteiger partial charge in [0.05, 0.1) is 0 Å². The molecule has 0 bridgehead atoms. The molecule has 0 aliphatic carbocycles. The summed E-state index contributed by atoms with van der Waals surface area (Å²) in [5.74, 6) is -0.417. The molecule has 128 valence electrons. The van der Waals surface area contributed by atoms with E-state index in [0.29, 0.717) is 6.54 Å². The van der Waals surface area contributed by atoms with Crippen molar-refractivity contribution >= 4 is 27.5 Å². The summed E-state index contributed by atoms with van der Waals surface area (Å²) in [4.78, 5) is 12.4. The molecule has 2 aromatic carbocycles. The molecule has 5 heteroatoms. The first-order valence-electron chi connectivity index (χ1n) is 7.88. The monoisotopic (exact) mass is 397 g/mol. The summed E-state index contributed by atoms with van der Waals surface area (Å²) in [6.45, 7) is 6.42. The minimum Gasteiger partial charge on any atom is -0.386 e. The van der Waals surface area contributed by atoms with E-state index in [0.717, 1.165) is 32.4 Å². The van der Waals surface area contributed by atoms with E-state index in [9.17, 15) is 10.1 Å². The molecule has 0 radical (unpaired) electrons. The van der Waals surface area contributed by atoms with Crippen molar-refractivity contribution in [3.05, 3.63) is 74.9 Å². The molecule has 0 spiro atoms. The number of rotatable bonds is 5. The first kappa shape index (κ1) is 18.8. The van der Waals surface area contributed by atoms with Gasteiger partial charge in [-0.3, -0.25) is 4.79 Å². The van der Waals surface area contributed by atoms with Crippen LogP contribution >= 0.6 is 15.9 Å². The van der Waals surface area contributed by atoms with Crippen LogP contribution in [0.4, 0.5) is 5.69 Å². The normalized spacial score (nSPS) is 10.9. The van der Waals surface area contributed by atoms with Gasteiger partial charge in [0.2, 0.25) is 0 Å². The number of hydrogen-bond donors (Lipinski definition) is 2. The van der Waals surface area contributed by atoms with E-state index in [1.54, 1.807) is 0 Å². The Hall–Kier alpha value is -2.58. The molecule has 0 aromatic heterocycles. The third-order valence-electron chi connectivity index (χ3n) is 3.72. The second kappa shape index (κ2) is 8.50. The number of benzene rings is 2. The minimum absolute atomic E-state index is 0.0365. The number of nitrogens with one attached hydrogen (secondary N) is 2. The maximum absolute atomic E-state index is 12.4. The maximum atomic E-state index is 12.4. The lowest BCUT2D eigenvalue weighted by atomic mass is 10.0. The van der Waals surface area contributed by atoms with E-state index in [1.807, 2.05) is 63.2 Å². The molecule has 0 fully saturated rings. The summed E-state index contributed by atoms with van der Waals surface area (Å²) in [5, 5.41) is 15.1. The third-order valence-corrected chi connectivity index (χ3v) is 4.22. The van der Waals surface area contributed by atoms with E-state index in [-0.39, 0.29) is 5.57 Å². The van der Waals surface area contributed by atoms with Crippen LogP contribution in [0.2, 0.25) is 0 Å². The van der Waals surface area contributed by atoms with Gasteiger partial charge in [0.1, 0.15) is 11.6 Å². The first-order chi connectivity index (χ1) is 11.9. The average Bonchev–Trinajstić information content (AvgIpc) is 2.55. The molecule has 0 heterocycles. The summed E-state index contributed by atoms with van der Waals surface area (Å²) in [6.07, 6.45) is 1.45. The molecule has 4 nitrogen and oxygen atoms in total. The van der Waals surface area contributed by atoms with E-state index in [2.05, 4.69) is 26.6 Å². The predicted molar refractivity (Wildman–Crippen MR) is 104 cm³/mol. The zero-order chi connectivity index (χ0) is 18.4. The van der Waals surface area contributed by atoms with Crippen LogP contribution in [0.5, 0.6) is 0 Å². The lowest BCUT2D eigenvalue weighted by Crippen LogP contribution is -2.18. The number of carbonyl (C=O) groups is 1. The second-order valence-electron chi connectivity index (χ2n) is 5.91. The zero-order valence-corrected chi connectivity index (χ0v) is 16.1. The Balaban J connectivity index is 2.07. The molecule has 2 rings (SSSR count). The van der Waals surface area contributed by atoms with Gasteiger partial charge in [-0.25, -0.2) is 0 Å². The number of carbonyl (C=O) groups excluding carboxylic acids is 1. The highest BCUT2D eigenvalue weighted by Crippen LogP contribution is 2.22. The molecule has 0 saturated heterocycles. The minimum atomic E-state index is -0.417. The predicted octanol–water partition coefficient (Wildman–Crippen LogP) is 4.51. The topological polar surface area (TPSA) is 64.9 Å². The lowest BCUT2D eigenvalue weighted by molar-refractivity contribution is -0.112. The summed E-state index contributed by atoms with van der Waals surface area (Å²) in [5.41, 5.74) is 4.93. The number of aryl methyl sites for hydroxylation is 3. The molecule has 0 unspecified atom stereocenters. The average molecular weight is 398 g/mol. The lowest BCUT2D eigenvalue weighted by Gasteiger charge is -2.12. The molecular weight excluding hydrogens is 378 g/mol. The smallest absolute Gasteiger partial charge is 0.267 e. The Labute approximate surface area is 156 Å². The van der Waals surface area contributed by atoms with E-state index in [1.165, 1.54) is 6.20 Å². The first-order valence-corrected chi connectivity index (χ1v) is 8.67. The summed E-state index contributed by atoms with van der Waals surface area (Å²) in [6, 6.07) is 13.8. The van der Waals surface area contributed by atoms with E-state index in [4.69, 9.17) is 0 Å². The number of halogens is 1. The summed E-state index contributed by atoms with van der Waals surface area (Å²) in [7, 11) is 0. The van der Waals surface area contributed by atoms with Crippen molar-refractivity contribution < 1.29 is 4.79 Å². The van der Waals surface area contributed by atoms with Gasteiger partial charge in [0.15, 0.2) is 0 Å². The fraction of sp³-hybridized carbons (Fsp3) is 0.200. The quantitative estimate of drug-likeness (QED) is 0.575. The van der Waals surface area contributed by atoms with Crippen LogP contribution in [0.3, 0.4) is 0 Å². The number of hydrogen-bond acceptors (Lipinski definition) is 3. The van der Waals surface area contributed by atoms with Crippen LogP contribution in [0.15, 0.2) is 52.6 Å². The van der Waals surface area contributed by atoms with Gasteiger partial charge in [0, 0.05) is 22.9 Å². The van der Waals surface area contributed by atoms with Gasteiger partial charge in [0.25, 0.3) is 5.91 Å². The molecule has 0 saturated carbocycles. The maximum Gasteiger partial charge on any atom is 0.267 e. The van der Waals surface area contributed by atoms with Crippen LogP contribution in [-0.4, -0.2) is 5.91 Å². The van der Waals surface area contributed by atoms with Gasteiger partial charge in [-0.1, -0.05) is 45.8 Å². The van der Waals surface area contributed by atoms with Crippen LogP contribution in [0.1, 0.15) is 22.3 Å². The van der Waals surface area contributed by atoms with Crippen molar-refractivity contribution in [3.8, 4) is 6.07 Å². The van der Waals surface area contributed by atoms with Gasteiger partial charge >= 0.3 is 0 Å². The highest BCUT2D eigenvalue weighted by Gasteiger charge is 2.12. The number of anilines is 1. The van der Waals surface area contributed by atoms with Crippen LogP contribution in [0, 0.1) is 32.1 Å². The van der Waals surface area contributed by atoms with Crippen molar-refractivity contribution in [1.29, 1.82) is 5.26 Å². The van der Waals surface area contributed by atoms with Crippen molar-refractivity contribution in [2.75, 3.05) is 5.32 Å². The van der Waals surface area contributed by atoms with Crippen molar-refractivity contribution in [2.24, 2.45) is 0 Å². The fourth-order valence-corrected chi connectivity index (χ4v) is 3.07. The number of nitriles is 1. The van der Waals surface area contributed by atoms with Crippen molar-refractivity contribution in [2.45, 2.75) is 27.3 Å². The molecular formula is C20H20BrN3O. The molecule has 0 aliphatic heterocycles. The van der Waals surface area contributed by atoms with Crippen LogP contribution in [0.25, 0.3) is 0 Å². The Kier molecular flexibility index (Phi) is 6.37. The molecule has 2 aromatic rings. The van der Waals surface area contributed by atoms with Gasteiger partial charge < -0.3 is 10.6 Å². The van der Waals surface area contributed by atoms with Gasteiger partial charge in [-0.2, -0.15) is 5.26 Å². The van der Waals surface area contributed by atoms with Crippen molar-refractivity contribution in [3.63, 3.8) is 0 Å². The Morgan fingerprint density at radius 3 is 2.48 bits per heavy atom. The van der Waals surface area contributed by atoms with Gasteiger partial charge in [-0.15, -0.1) is 0 Å². The van der Waals surface area contributed by atoms with Crippen molar-refractivity contribution in [1.82, 2.24) is 5.32 Å². The SMILES string of the molecule is Cc1cc(C)c(NC(=O)/C(C#N)=C\NCc2cccc(Br)c2)c(C)c1. The van der Waals surface area contributed by atoms with Crippen LogP contribution < -0.4 is 10.6 Å². The molecule has 2 N–H and O–H groups in total. The highest BCUT2D eigenvalue weighted by molar-refractivity contribution is 9.10. The largest absolute Gasteiger partial charge is 0.386 e. The molecule has 1 amide bonds. The standard InChI is InChI=1S/C20H20BrN3O/c1-13-7-14(2)19(15(3)8-13)24-20(25)17(10-22)12-23-11-16-5-4-6-18(21)9-16/h4-9,12,23H,11H2,1-3H3,(H,24,25)/b17-12-. The zero-order valence-electron chi connectivity index (χ0n) is 14.5. The van der Waals surface area contributed by atoms with E-state index < -0.39 is 5.91 Å². The number of amides is 1. The molecule has 0 atom stereocenters. The third kappa shape index (κ3) is 5.20. The number of nitrogens with zero attached hydrogens (tertiary/aromatic N) is 1. The summed E-state index contributed by atoms with van der Waals surface area (Å²) < 4.78 is 0.986. The fourth-order valence-electron chi connectivity index (χ4n) is 2.62. The Morgan fingerprint density at radius 1 is 1.20 bits per heavy atom. The molecule has 0 aliphatic rings. The summed E-state index contributed by atoms with van der Waals surface area (Å²) >= 11 is 3.42. The second-order valence-corrected chi connectivity index (χ2v) is 6.82. The van der Waals surface area contributed by atoms with Gasteiger partial charge in [-0.05, 0) is 49.6 Å². The Morgan fingerprint density at radius 2 is 1.88 bits per heavy atom. The van der Waals surface area contributed by atoms with Crippen LogP contribution in [-0.2, 0) is 11.3 Å². The van der Waals surface area contributed by atoms with E-state index >= 15 is 0 Å². The molecule has 25 heavy (non-hydrogen) atoms.